The van der Waals surface area contributed by atoms with Crippen LogP contribution in [0.2, 0.25) is 0 Å². The molecule has 156 valence electrons. The van der Waals surface area contributed by atoms with Crippen LogP contribution in [0.15, 0.2) is 0 Å². The van der Waals surface area contributed by atoms with Gasteiger partial charge in [0.05, 0.1) is 0 Å². The maximum atomic E-state index is 12.3. The molecular formula is C21H40N4OS. The average molecular weight is 397 g/mol. The van der Waals surface area contributed by atoms with E-state index in [2.05, 4.69) is 39.1 Å². The van der Waals surface area contributed by atoms with Gasteiger partial charge in [0.15, 0.2) is 0 Å². The second-order valence-electron chi connectivity index (χ2n) is 8.73. The lowest BCUT2D eigenvalue weighted by Crippen LogP contribution is -2.57. The summed E-state index contributed by atoms with van der Waals surface area (Å²) in [6.45, 7) is 8.76. The van der Waals surface area contributed by atoms with Crippen molar-refractivity contribution in [2.45, 2.75) is 76.3 Å². The number of hydrogen-bond acceptors (Lipinski definition) is 4. The molecule has 2 N–H and O–H groups in total. The number of nitrogens with one attached hydrogen (secondary N) is 2. The van der Waals surface area contributed by atoms with Gasteiger partial charge in [0.1, 0.15) is 0 Å². The minimum atomic E-state index is 0.0269. The summed E-state index contributed by atoms with van der Waals surface area (Å²) in [7, 11) is 0. The van der Waals surface area contributed by atoms with E-state index in [9.17, 15) is 4.79 Å². The molecular weight excluding hydrogens is 356 g/mol. The van der Waals surface area contributed by atoms with Crippen LogP contribution in [0, 0.1) is 0 Å². The van der Waals surface area contributed by atoms with Crippen molar-refractivity contribution in [3.8, 4) is 0 Å². The first-order valence-electron chi connectivity index (χ1n) is 11.3. The van der Waals surface area contributed by atoms with E-state index >= 15 is 0 Å². The van der Waals surface area contributed by atoms with E-state index in [0.29, 0.717) is 0 Å². The Hall–Kier alpha value is -0.460. The molecule has 3 rings (SSSR count). The molecule has 2 amide bonds. The van der Waals surface area contributed by atoms with Gasteiger partial charge < -0.3 is 15.5 Å². The lowest BCUT2D eigenvalue weighted by atomic mass is 9.94. The minimum Gasteiger partial charge on any atom is -0.338 e. The Morgan fingerprint density at radius 1 is 1.04 bits per heavy atom. The first kappa shape index (κ1) is 21.3. The van der Waals surface area contributed by atoms with Crippen LogP contribution in [-0.2, 0) is 0 Å². The van der Waals surface area contributed by atoms with Crippen LogP contribution in [-0.4, -0.2) is 78.2 Å². The third kappa shape index (κ3) is 6.26. The number of carbonyl (C=O) groups excluding carboxylic acids is 1. The number of amides is 2. The maximum absolute atomic E-state index is 12.3. The number of piperidine rings is 1. The Morgan fingerprint density at radius 3 is 2.56 bits per heavy atom. The average Bonchev–Trinajstić information content (AvgIpc) is 3.18. The molecule has 0 spiro atoms. The smallest absolute Gasteiger partial charge is 0.314 e. The van der Waals surface area contributed by atoms with Gasteiger partial charge in [0.2, 0.25) is 0 Å². The van der Waals surface area contributed by atoms with Crippen molar-refractivity contribution in [2.24, 2.45) is 0 Å². The predicted octanol–water partition coefficient (Wildman–Crippen LogP) is 3.30. The molecule has 1 atom stereocenters. The Labute approximate surface area is 170 Å². The summed E-state index contributed by atoms with van der Waals surface area (Å²) in [5.41, 5.74) is 0.225. The van der Waals surface area contributed by atoms with Crippen LogP contribution < -0.4 is 10.6 Å². The number of thioether (sulfide) groups is 1. The van der Waals surface area contributed by atoms with E-state index in [-0.39, 0.29) is 11.6 Å². The third-order valence-electron chi connectivity index (χ3n) is 6.89. The van der Waals surface area contributed by atoms with E-state index in [1.165, 1.54) is 89.1 Å². The maximum Gasteiger partial charge on any atom is 0.314 e. The Morgan fingerprint density at radius 2 is 1.81 bits per heavy atom. The molecule has 5 nitrogen and oxygen atoms in total. The van der Waals surface area contributed by atoms with Gasteiger partial charge in [-0.15, -0.1) is 0 Å². The summed E-state index contributed by atoms with van der Waals surface area (Å²) in [6, 6.07) is 0.768. The fourth-order valence-electron chi connectivity index (χ4n) is 5.11. The van der Waals surface area contributed by atoms with E-state index in [4.69, 9.17) is 0 Å². The summed E-state index contributed by atoms with van der Waals surface area (Å²) < 4.78 is 0. The van der Waals surface area contributed by atoms with Crippen LogP contribution in [0.4, 0.5) is 4.79 Å². The lowest BCUT2D eigenvalue weighted by Gasteiger charge is -2.43. The van der Waals surface area contributed by atoms with Gasteiger partial charge in [-0.05, 0) is 58.5 Å². The molecule has 2 aliphatic heterocycles. The van der Waals surface area contributed by atoms with Crippen molar-refractivity contribution >= 4 is 17.8 Å². The molecule has 0 aromatic heterocycles. The number of likely N-dealkylation sites (tertiary alicyclic amines) is 1. The highest BCUT2D eigenvalue weighted by molar-refractivity contribution is 7.99. The van der Waals surface area contributed by atoms with Gasteiger partial charge in [0.25, 0.3) is 0 Å². The van der Waals surface area contributed by atoms with E-state index in [0.717, 1.165) is 25.6 Å². The fraction of sp³-hybridized carbons (Fsp3) is 0.952. The highest BCUT2D eigenvalue weighted by Gasteiger charge is 2.40. The van der Waals surface area contributed by atoms with Crippen LogP contribution in [0.1, 0.15) is 64.7 Å². The second-order valence-corrected chi connectivity index (χ2v) is 9.95. The second kappa shape index (κ2) is 10.9. The zero-order valence-corrected chi connectivity index (χ0v) is 18.1. The van der Waals surface area contributed by atoms with Gasteiger partial charge >= 0.3 is 6.03 Å². The Kier molecular flexibility index (Phi) is 8.59. The standard InChI is InChI=1S/C21H40N4OS/c1-19-8-2-6-12-24(19)13-7-5-11-22-20(26)23-18-21(9-3-4-10-21)25-14-16-27-17-15-25/h19H,2-18H2,1H3,(H2,22,23,26). The first-order valence-corrected chi connectivity index (χ1v) is 12.4. The van der Waals surface area contributed by atoms with Gasteiger partial charge in [-0.2, -0.15) is 11.8 Å². The topological polar surface area (TPSA) is 47.6 Å². The predicted molar refractivity (Wildman–Crippen MR) is 116 cm³/mol. The van der Waals surface area contributed by atoms with Gasteiger partial charge in [-0.3, -0.25) is 4.90 Å². The van der Waals surface area contributed by atoms with Crippen molar-refractivity contribution in [1.29, 1.82) is 0 Å². The number of nitrogens with zero attached hydrogens (tertiary/aromatic N) is 2. The normalized spacial score (nSPS) is 26.8. The van der Waals surface area contributed by atoms with Gasteiger partial charge in [0, 0.05) is 49.3 Å². The zero-order chi connectivity index (χ0) is 19.0. The van der Waals surface area contributed by atoms with Crippen molar-refractivity contribution in [1.82, 2.24) is 20.4 Å². The van der Waals surface area contributed by atoms with Crippen LogP contribution in [0.5, 0.6) is 0 Å². The molecule has 0 radical (unpaired) electrons. The lowest BCUT2D eigenvalue weighted by molar-refractivity contribution is 0.104. The largest absolute Gasteiger partial charge is 0.338 e. The fourth-order valence-corrected chi connectivity index (χ4v) is 6.02. The highest BCUT2D eigenvalue weighted by Crippen LogP contribution is 2.36. The van der Waals surface area contributed by atoms with Crippen molar-refractivity contribution in [3.63, 3.8) is 0 Å². The molecule has 3 aliphatic rings. The molecule has 1 unspecified atom stereocenters. The molecule has 2 heterocycles. The number of unbranched alkanes of at least 4 members (excludes halogenated alkanes) is 1. The van der Waals surface area contributed by atoms with E-state index < -0.39 is 0 Å². The molecule has 3 fully saturated rings. The van der Waals surface area contributed by atoms with E-state index in [1.807, 2.05) is 0 Å². The molecule has 0 aromatic rings. The summed E-state index contributed by atoms with van der Waals surface area (Å²) in [4.78, 5) is 17.6. The van der Waals surface area contributed by atoms with Crippen molar-refractivity contribution in [2.75, 3.05) is 50.8 Å². The number of hydrogen-bond donors (Lipinski definition) is 2. The van der Waals surface area contributed by atoms with Gasteiger partial charge in [-0.1, -0.05) is 19.3 Å². The van der Waals surface area contributed by atoms with Crippen LogP contribution in [0.25, 0.3) is 0 Å². The van der Waals surface area contributed by atoms with Crippen molar-refractivity contribution in [3.05, 3.63) is 0 Å². The minimum absolute atomic E-state index is 0.0269. The SMILES string of the molecule is CC1CCCCN1CCCCNC(=O)NCC1(N2CCSCC2)CCCC1. The highest BCUT2D eigenvalue weighted by atomic mass is 32.2. The molecule has 0 aromatic carbocycles. The molecule has 1 saturated carbocycles. The molecule has 27 heavy (non-hydrogen) atoms. The van der Waals surface area contributed by atoms with Crippen molar-refractivity contribution < 1.29 is 4.79 Å². The Balaban J connectivity index is 1.30. The molecule has 6 heteroatoms. The number of urea groups is 1. The summed E-state index contributed by atoms with van der Waals surface area (Å²) in [6.07, 6.45) is 11.4. The summed E-state index contributed by atoms with van der Waals surface area (Å²) in [5.74, 6) is 2.48. The first-order chi connectivity index (χ1) is 13.2. The Bertz CT molecular complexity index is 449. The van der Waals surface area contributed by atoms with Gasteiger partial charge in [-0.25, -0.2) is 4.79 Å². The molecule has 1 aliphatic carbocycles. The summed E-state index contributed by atoms with van der Waals surface area (Å²) >= 11 is 2.06. The number of rotatable bonds is 8. The van der Waals surface area contributed by atoms with Crippen LogP contribution in [0.3, 0.4) is 0 Å². The number of carbonyl (C=O) groups is 1. The third-order valence-corrected chi connectivity index (χ3v) is 7.83. The summed E-state index contributed by atoms with van der Waals surface area (Å²) in [5, 5.41) is 6.29. The zero-order valence-electron chi connectivity index (χ0n) is 17.3. The monoisotopic (exact) mass is 396 g/mol. The molecule has 0 bridgehead atoms. The quantitative estimate of drug-likeness (QED) is 0.618. The van der Waals surface area contributed by atoms with Crippen LogP contribution >= 0.6 is 11.8 Å². The van der Waals surface area contributed by atoms with E-state index in [1.54, 1.807) is 0 Å². The molecule has 2 saturated heterocycles.